The summed E-state index contributed by atoms with van der Waals surface area (Å²) in [5, 5.41) is 0. The van der Waals surface area contributed by atoms with Crippen molar-refractivity contribution in [1.29, 1.82) is 0 Å². The number of hydrogen-bond acceptors (Lipinski definition) is 1. The Labute approximate surface area is 119 Å². The molecule has 1 aliphatic heterocycles. The summed E-state index contributed by atoms with van der Waals surface area (Å²) >= 11 is 0. The zero-order valence-corrected chi connectivity index (χ0v) is 11.5. The molecule has 0 bridgehead atoms. The zero-order valence-electron chi connectivity index (χ0n) is 11.5. The second kappa shape index (κ2) is 4.82. The second-order valence-corrected chi connectivity index (χ2v) is 5.72. The first-order chi connectivity index (χ1) is 9.90. The van der Waals surface area contributed by atoms with E-state index in [2.05, 4.69) is 54.6 Å². The SMILES string of the molecule is C1=Cc2cc(C3CCc4ccccc4C3)ccc2OC1. The molecule has 0 radical (unpaired) electrons. The molecule has 1 aliphatic carbocycles. The van der Waals surface area contributed by atoms with E-state index in [0.717, 1.165) is 5.75 Å². The third kappa shape index (κ3) is 2.03. The van der Waals surface area contributed by atoms with Crippen LogP contribution in [0.1, 0.15) is 34.6 Å². The lowest BCUT2D eigenvalue weighted by Gasteiger charge is -2.26. The van der Waals surface area contributed by atoms with Gasteiger partial charge in [-0.3, -0.25) is 0 Å². The molecule has 1 heterocycles. The van der Waals surface area contributed by atoms with Gasteiger partial charge in [0, 0.05) is 5.56 Å². The molecule has 0 N–H and O–H groups in total. The number of ether oxygens (including phenoxy) is 1. The highest BCUT2D eigenvalue weighted by molar-refractivity contribution is 5.60. The van der Waals surface area contributed by atoms with E-state index >= 15 is 0 Å². The predicted molar refractivity (Wildman–Crippen MR) is 82.2 cm³/mol. The van der Waals surface area contributed by atoms with Gasteiger partial charge in [-0.05, 0) is 60.1 Å². The lowest BCUT2D eigenvalue weighted by molar-refractivity contribution is 0.358. The molecule has 100 valence electrons. The van der Waals surface area contributed by atoms with Crippen LogP contribution in [0.3, 0.4) is 0 Å². The molecule has 0 saturated heterocycles. The van der Waals surface area contributed by atoms with E-state index in [0.29, 0.717) is 12.5 Å². The van der Waals surface area contributed by atoms with Gasteiger partial charge in [0.05, 0.1) is 0 Å². The van der Waals surface area contributed by atoms with Gasteiger partial charge in [0.2, 0.25) is 0 Å². The molecule has 0 spiro atoms. The first kappa shape index (κ1) is 11.8. The first-order valence-electron chi connectivity index (χ1n) is 7.40. The zero-order chi connectivity index (χ0) is 13.4. The van der Waals surface area contributed by atoms with E-state index in [-0.39, 0.29) is 0 Å². The molecule has 2 aromatic carbocycles. The predicted octanol–water partition coefficient (Wildman–Crippen LogP) is 4.36. The molecule has 2 aliphatic rings. The fourth-order valence-electron chi connectivity index (χ4n) is 3.38. The highest BCUT2D eigenvalue weighted by Crippen LogP contribution is 2.35. The van der Waals surface area contributed by atoms with E-state index < -0.39 is 0 Å². The summed E-state index contributed by atoms with van der Waals surface area (Å²) in [6.45, 7) is 0.698. The molecule has 4 rings (SSSR count). The highest BCUT2D eigenvalue weighted by Gasteiger charge is 2.20. The van der Waals surface area contributed by atoms with E-state index in [1.54, 1.807) is 0 Å². The van der Waals surface area contributed by atoms with E-state index in [9.17, 15) is 0 Å². The van der Waals surface area contributed by atoms with E-state index in [1.165, 1.54) is 41.5 Å². The summed E-state index contributed by atoms with van der Waals surface area (Å²) in [6, 6.07) is 15.6. The molecule has 0 fully saturated rings. The molecule has 2 aromatic rings. The van der Waals surface area contributed by atoms with Gasteiger partial charge in [0.1, 0.15) is 12.4 Å². The topological polar surface area (TPSA) is 9.23 Å². The number of benzene rings is 2. The molecular formula is C19H18O. The van der Waals surface area contributed by atoms with Crippen molar-refractivity contribution in [3.8, 4) is 5.75 Å². The smallest absolute Gasteiger partial charge is 0.127 e. The minimum atomic E-state index is 0.644. The normalized spacial score (nSPS) is 19.9. The van der Waals surface area contributed by atoms with Crippen molar-refractivity contribution in [3.05, 3.63) is 70.8 Å². The van der Waals surface area contributed by atoms with E-state index in [1.807, 2.05) is 0 Å². The molecule has 1 heteroatoms. The highest BCUT2D eigenvalue weighted by atomic mass is 16.5. The van der Waals surface area contributed by atoms with Gasteiger partial charge in [-0.25, -0.2) is 0 Å². The Kier molecular flexibility index (Phi) is 2.84. The van der Waals surface area contributed by atoms with Crippen LogP contribution in [-0.4, -0.2) is 6.61 Å². The Morgan fingerprint density at radius 3 is 2.85 bits per heavy atom. The van der Waals surface area contributed by atoms with Crippen molar-refractivity contribution >= 4 is 6.08 Å². The van der Waals surface area contributed by atoms with Crippen LogP contribution in [0.15, 0.2) is 48.5 Å². The summed E-state index contributed by atoms with van der Waals surface area (Å²) in [7, 11) is 0. The molecule has 1 nitrogen and oxygen atoms in total. The van der Waals surface area contributed by atoms with Crippen molar-refractivity contribution in [2.45, 2.75) is 25.2 Å². The minimum absolute atomic E-state index is 0.644. The standard InChI is InChI=1S/C19H18O/c1-2-5-15-12-16(8-7-14(15)4-1)17-9-10-19-18(13-17)6-3-11-20-19/h1-6,9-10,13,16H,7-8,11-12H2. The van der Waals surface area contributed by atoms with Gasteiger partial charge in [-0.2, -0.15) is 0 Å². The van der Waals surface area contributed by atoms with Crippen LogP contribution in [0.4, 0.5) is 0 Å². The quantitative estimate of drug-likeness (QED) is 0.741. The fraction of sp³-hybridized carbons (Fsp3) is 0.263. The third-order valence-electron chi connectivity index (χ3n) is 4.48. The Morgan fingerprint density at radius 2 is 1.90 bits per heavy atom. The van der Waals surface area contributed by atoms with Crippen molar-refractivity contribution < 1.29 is 4.74 Å². The maximum atomic E-state index is 5.64. The Bertz CT molecular complexity index is 669. The van der Waals surface area contributed by atoms with Crippen molar-refractivity contribution in [1.82, 2.24) is 0 Å². The summed E-state index contributed by atoms with van der Waals surface area (Å²) in [4.78, 5) is 0. The first-order valence-corrected chi connectivity index (χ1v) is 7.40. The third-order valence-corrected chi connectivity index (χ3v) is 4.48. The molecule has 0 aromatic heterocycles. The fourth-order valence-corrected chi connectivity index (χ4v) is 3.38. The average Bonchev–Trinajstić information content (AvgIpc) is 2.54. The Hall–Kier alpha value is -2.02. The maximum absolute atomic E-state index is 5.64. The van der Waals surface area contributed by atoms with E-state index in [4.69, 9.17) is 4.74 Å². The summed E-state index contributed by atoms with van der Waals surface area (Å²) < 4.78 is 5.64. The van der Waals surface area contributed by atoms with Crippen molar-refractivity contribution in [2.24, 2.45) is 0 Å². The number of fused-ring (bicyclic) bond motifs is 2. The molecule has 0 amide bonds. The summed E-state index contributed by atoms with van der Waals surface area (Å²) in [5.74, 6) is 1.66. The molecule has 1 atom stereocenters. The van der Waals surface area contributed by atoms with Gasteiger partial charge in [0.15, 0.2) is 0 Å². The number of rotatable bonds is 1. The molecular weight excluding hydrogens is 244 g/mol. The summed E-state index contributed by atoms with van der Waals surface area (Å²) in [6.07, 6.45) is 7.88. The van der Waals surface area contributed by atoms with Gasteiger partial charge in [-0.1, -0.05) is 36.4 Å². The lowest BCUT2D eigenvalue weighted by atomic mass is 9.80. The van der Waals surface area contributed by atoms with Crippen molar-refractivity contribution in [3.63, 3.8) is 0 Å². The largest absolute Gasteiger partial charge is 0.489 e. The van der Waals surface area contributed by atoms with Gasteiger partial charge in [-0.15, -0.1) is 0 Å². The monoisotopic (exact) mass is 262 g/mol. The van der Waals surface area contributed by atoms with Gasteiger partial charge in [0.25, 0.3) is 0 Å². The number of hydrogen-bond donors (Lipinski definition) is 0. The molecule has 1 unspecified atom stereocenters. The minimum Gasteiger partial charge on any atom is -0.489 e. The second-order valence-electron chi connectivity index (χ2n) is 5.72. The van der Waals surface area contributed by atoms with Crippen LogP contribution in [0.25, 0.3) is 6.08 Å². The van der Waals surface area contributed by atoms with Gasteiger partial charge >= 0.3 is 0 Å². The van der Waals surface area contributed by atoms with Crippen LogP contribution >= 0.6 is 0 Å². The van der Waals surface area contributed by atoms with Crippen LogP contribution in [-0.2, 0) is 12.8 Å². The lowest BCUT2D eigenvalue weighted by Crippen LogP contribution is -2.13. The van der Waals surface area contributed by atoms with Crippen LogP contribution in [0.2, 0.25) is 0 Å². The van der Waals surface area contributed by atoms with Crippen LogP contribution in [0.5, 0.6) is 5.75 Å². The Balaban J connectivity index is 1.65. The maximum Gasteiger partial charge on any atom is 0.127 e. The van der Waals surface area contributed by atoms with Crippen LogP contribution < -0.4 is 4.74 Å². The van der Waals surface area contributed by atoms with Crippen molar-refractivity contribution in [2.75, 3.05) is 6.61 Å². The Morgan fingerprint density at radius 1 is 1.00 bits per heavy atom. The molecule has 0 saturated carbocycles. The average molecular weight is 262 g/mol. The van der Waals surface area contributed by atoms with Gasteiger partial charge < -0.3 is 4.74 Å². The number of aryl methyl sites for hydroxylation is 1. The van der Waals surface area contributed by atoms with Crippen LogP contribution in [0, 0.1) is 0 Å². The summed E-state index contributed by atoms with van der Waals surface area (Å²) in [5.41, 5.74) is 5.74. The molecule has 20 heavy (non-hydrogen) atoms.